The number of guanidine groups is 1. The van der Waals surface area contributed by atoms with Gasteiger partial charge in [0.1, 0.15) is 6.54 Å². The highest BCUT2D eigenvalue weighted by atomic mass is 16.5. The van der Waals surface area contributed by atoms with E-state index in [0.717, 1.165) is 56.3 Å². The van der Waals surface area contributed by atoms with E-state index in [9.17, 15) is 9.59 Å². The Morgan fingerprint density at radius 2 is 1.32 bits per heavy atom. The number of carbonyl (C=O) groups is 2. The molecule has 0 unspecified atom stereocenters. The molecule has 31 heavy (non-hydrogen) atoms. The number of unbranched alkanes of at least 4 members (excludes halogenated alkanes) is 11. The first-order valence-corrected chi connectivity index (χ1v) is 11.9. The fourth-order valence-corrected chi connectivity index (χ4v) is 3.16. The fourth-order valence-electron chi connectivity index (χ4n) is 3.16. The molecule has 2 N–H and O–H groups in total. The smallest absolute Gasteiger partial charge is 0.325 e. The molecule has 0 aliphatic carbocycles. The minimum absolute atomic E-state index is 0.292. The van der Waals surface area contributed by atoms with Crippen LogP contribution in [0.2, 0.25) is 0 Å². The van der Waals surface area contributed by atoms with Gasteiger partial charge in [-0.05, 0) is 12.8 Å². The minimum atomic E-state index is -1.97. The number of nitrogens with one attached hydrogen (secondary N) is 2. The lowest BCUT2D eigenvalue weighted by Gasteiger charge is -2.38. The zero-order valence-electron chi connectivity index (χ0n) is 19.7. The lowest BCUT2D eigenvalue weighted by molar-refractivity contribution is -0.144. The van der Waals surface area contributed by atoms with E-state index in [1.54, 1.807) is 0 Å². The molecule has 0 aliphatic rings. The highest BCUT2D eigenvalue weighted by Gasteiger charge is 2.26. The number of esters is 1. The second kappa shape index (κ2) is 18.2. The molecule has 0 atom stereocenters. The summed E-state index contributed by atoms with van der Waals surface area (Å²) in [5.41, 5.74) is 0. The van der Waals surface area contributed by atoms with Gasteiger partial charge in [0, 0.05) is 6.42 Å². The molecule has 9 heteroatoms. The molecule has 170 valence electrons. The number of ether oxygens (including phenoxy) is 1. The Bertz CT molecular complexity index is 514. The highest BCUT2D eigenvalue weighted by Crippen LogP contribution is 2.10. The quantitative estimate of drug-likeness (QED) is 0.115. The summed E-state index contributed by atoms with van der Waals surface area (Å²) < 4.78 is 5.17. The van der Waals surface area contributed by atoms with Crippen LogP contribution in [0.5, 0.6) is 0 Å². The average molecular weight is 427 g/mol. The molecule has 0 spiro atoms. The molecule has 0 aromatic rings. The van der Waals surface area contributed by atoms with Crippen LogP contribution < -0.4 is 5.32 Å². The van der Waals surface area contributed by atoms with Gasteiger partial charge in [0.2, 0.25) is 5.91 Å². The van der Waals surface area contributed by atoms with Gasteiger partial charge in [-0.1, -0.05) is 89.7 Å². The van der Waals surface area contributed by atoms with Crippen LogP contribution in [-0.2, 0) is 14.3 Å². The van der Waals surface area contributed by atoms with Crippen molar-refractivity contribution in [2.75, 3.05) is 13.2 Å². The van der Waals surface area contributed by atoms with Gasteiger partial charge in [0.15, 0.2) is 5.96 Å². The number of amides is 1. The summed E-state index contributed by atoms with van der Waals surface area (Å²) >= 11 is 0. The largest absolute Gasteiger partial charge is 0.464 e. The molecule has 0 saturated carbocycles. The Kier molecular flexibility index (Phi) is 17.4. The van der Waals surface area contributed by atoms with Crippen LogP contribution in [0, 0.1) is 5.41 Å². The van der Waals surface area contributed by atoms with Crippen LogP contribution in [0.1, 0.15) is 104 Å². The number of hydrogen-bond acceptors (Lipinski definition) is 4. The topological polar surface area (TPSA) is 82.5 Å². The Morgan fingerprint density at radius 3 is 1.84 bits per heavy atom. The van der Waals surface area contributed by atoms with E-state index >= 15 is 0 Å². The summed E-state index contributed by atoms with van der Waals surface area (Å²) in [5.74, 6) is -1.32. The van der Waals surface area contributed by atoms with Crippen molar-refractivity contribution in [2.45, 2.75) is 109 Å². The monoisotopic (exact) mass is 427 g/mol. The Morgan fingerprint density at radius 1 is 0.839 bits per heavy atom. The molecule has 1 amide bonds. The maximum atomic E-state index is 12.1. The summed E-state index contributed by atoms with van der Waals surface area (Å²) in [5, 5.41) is 8.53. The van der Waals surface area contributed by atoms with E-state index in [0.29, 0.717) is 13.0 Å². The lowest BCUT2D eigenvalue weighted by atomic mass is 9.48. The number of hydrogen-bond donors (Lipinski definition) is 2. The summed E-state index contributed by atoms with van der Waals surface area (Å²) in [6.45, 7) is 4.22. The third-order valence-electron chi connectivity index (χ3n) is 5.05. The van der Waals surface area contributed by atoms with Crippen molar-refractivity contribution in [3.63, 3.8) is 0 Å². The fraction of sp³-hybridized carbons (Fsp3) is 0.864. The molecule has 0 fully saturated rings. The molecule has 0 aromatic heterocycles. The normalized spacial score (nSPS) is 11.2. The summed E-state index contributed by atoms with van der Waals surface area (Å²) in [7, 11) is 17.1. The van der Waals surface area contributed by atoms with Gasteiger partial charge >= 0.3 is 5.97 Å². The van der Waals surface area contributed by atoms with Crippen LogP contribution in [0.4, 0.5) is 0 Å². The van der Waals surface area contributed by atoms with E-state index in [4.69, 9.17) is 33.7 Å². The van der Waals surface area contributed by atoms with Gasteiger partial charge < -0.3 is 9.64 Å². The first kappa shape index (κ1) is 29.6. The Balaban J connectivity index is 4.23. The lowest BCUT2D eigenvalue weighted by Crippen LogP contribution is -2.59. The van der Waals surface area contributed by atoms with E-state index in [1.807, 2.05) is 0 Å². The number of rotatable bonds is 18. The van der Waals surface area contributed by atoms with Gasteiger partial charge in [-0.15, -0.1) is 0 Å². The molecule has 0 bridgehead atoms. The van der Waals surface area contributed by atoms with E-state index in [2.05, 4.69) is 19.2 Å². The SMILES string of the molecule is [B]C([B])([B])N(CC(=O)OCCCCCCC)C(=N)NC(=O)CCCCCCCCCC. The third-order valence-corrected chi connectivity index (χ3v) is 5.05. The molecular formula is C22H40B3N3O3. The van der Waals surface area contributed by atoms with Crippen molar-refractivity contribution in [2.24, 2.45) is 0 Å². The molecule has 0 aromatic carbocycles. The van der Waals surface area contributed by atoms with Crippen LogP contribution in [-0.4, -0.2) is 64.7 Å². The van der Waals surface area contributed by atoms with E-state index < -0.39 is 23.7 Å². The average Bonchev–Trinajstić information content (AvgIpc) is 2.69. The first-order chi connectivity index (χ1) is 14.7. The predicted octanol–water partition coefficient (Wildman–Crippen LogP) is 3.50. The zero-order chi connectivity index (χ0) is 23.5. The second-order valence-electron chi connectivity index (χ2n) is 8.23. The van der Waals surface area contributed by atoms with Gasteiger partial charge in [-0.2, -0.15) is 0 Å². The first-order valence-electron chi connectivity index (χ1n) is 11.9. The molecule has 0 rings (SSSR count). The Hall–Kier alpha value is -1.40. The predicted molar refractivity (Wildman–Crippen MR) is 130 cm³/mol. The van der Waals surface area contributed by atoms with E-state index in [-0.39, 0.29) is 5.91 Å². The van der Waals surface area contributed by atoms with Gasteiger partial charge in [-0.25, -0.2) is 0 Å². The van der Waals surface area contributed by atoms with Crippen molar-refractivity contribution in [3.05, 3.63) is 0 Å². The molecular weight excluding hydrogens is 387 g/mol. The maximum Gasteiger partial charge on any atom is 0.325 e. The zero-order valence-corrected chi connectivity index (χ0v) is 19.7. The number of nitrogens with zero attached hydrogens (tertiary/aromatic N) is 1. The molecule has 6 nitrogen and oxygen atoms in total. The second-order valence-corrected chi connectivity index (χ2v) is 8.23. The Labute approximate surface area is 193 Å². The highest BCUT2D eigenvalue weighted by molar-refractivity contribution is 6.59. The summed E-state index contributed by atoms with van der Waals surface area (Å²) in [6.07, 6.45) is 14.5. The van der Waals surface area contributed by atoms with Crippen molar-refractivity contribution < 1.29 is 14.3 Å². The van der Waals surface area contributed by atoms with Crippen molar-refractivity contribution in [1.82, 2.24) is 10.2 Å². The summed E-state index contributed by atoms with van der Waals surface area (Å²) in [6, 6.07) is 0. The third kappa shape index (κ3) is 16.9. The molecule has 0 aliphatic heterocycles. The van der Waals surface area contributed by atoms with Crippen molar-refractivity contribution in [1.29, 1.82) is 5.41 Å². The van der Waals surface area contributed by atoms with Crippen molar-refractivity contribution >= 4 is 41.4 Å². The molecule has 6 radical (unpaired) electrons. The van der Waals surface area contributed by atoms with Gasteiger partial charge in [-0.3, -0.25) is 20.3 Å². The maximum absolute atomic E-state index is 12.1. The standard InChI is InChI=1S/C22H40B3N3O3/c1-3-5-7-9-10-11-12-14-16-19(29)27-21(26)28(22(23,24)25)18-20(30)31-17-15-13-8-6-4-2/h3-18H2,1-2H3,(H2,26,27,29). The molecule has 0 saturated heterocycles. The summed E-state index contributed by atoms with van der Waals surface area (Å²) in [4.78, 5) is 25.1. The van der Waals surface area contributed by atoms with Crippen LogP contribution in [0.15, 0.2) is 0 Å². The number of carbonyl (C=O) groups excluding carboxylic acids is 2. The minimum Gasteiger partial charge on any atom is -0.464 e. The van der Waals surface area contributed by atoms with Crippen molar-refractivity contribution in [3.8, 4) is 0 Å². The van der Waals surface area contributed by atoms with Crippen LogP contribution >= 0.6 is 0 Å². The molecule has 0 heterocycles. The van der Waals surface area contributed by atoms with Gasteiger partial charge in [0.05, 0.1) is 30.1 Å². The van der Waals surface area contributed by atoms with E-state index in [1.165, 1.54) is 32.1 Å². The van der Waals surface area contributed by atoms with Crippen LogP contribution in [0.3, 0.4) is 0 Å². The van der Waals surface area contributed by atoms with Gasteiger partial charge in [0.25, 0.3) is 0 Å². The van der Waals surface area contributed by atoms with Crippen LogP contribution in [0.25, 0.3) is 0 Å².